The fraction of sp³-hybridized carbons (Fsp3) is 0.500. The second-order valence-corrected chi connectivity index (χ2v) is 6.83. The summed E-state index contributed by atoms with van der Waals surface area (Å²) in [5, 5.41) is 0. The van der Waals surface area contributed by atoms with Crippen molar-refractivity contribution in [1.82, 2.24) is 0 Å². The molecule has 1 aromatic rings. The second kappa shape index (κ2) is 6.70. The maximum absolute atomic E-state index is 12.0. The van der Waals surface area contributed by atoms with Crippen molar-refractivity contribution in [3.8, 4) is 5.75 Å². The van der Waals surface area contributed by atoms with Crippen molar-refractivity contribution in [3.63, 3.8) is 0 Å². The lowest BCUT2D eigenvalue weighted by Crippen LogP contribution is -2.22. The molecule has 1 unspecified atom stereocenters. The van der Waals surface area contributed by atoms with Crippen LogP contribution in [0, 0.1) is 5.92 Å². The average Bonchev–Trinajstić information content (AvgIpc) is 2.37. The highest BCUT2D eigenvalue weighted by Gasteiger charge is 2.20. The predicted octanol–water partition coefficient (Wildman–Crippen LogP) is 2.34. The molecule has 0 bridgehead atoms. The summed E-state index contributed by atoms with van der Waals surface area (Å²) in [4.78, 5) is 12.0. The summed E-state index contributed by atoms with van der Waals surface area (Å²) in [6.45, 7) is 3.80. The van der Waals surface area contributed by atoms with Crippen molar-refractivity contribution >= 4 is 15.6 Å². The lowest BCUT2D eigenvalue weighted by Gasteiger charge is -2.09. The van der Waals surface area contributed by atoms with E-state index in [9.17, 15) is 13.2 Å². The molecule has 4 nitrogen and oxygen atoms in total. The van der Waals surface area contributed by atoms with Crippen LogP contribution < -0.4 is 4.74 Å². The van der Waals surface area contributed by atoms with Crippen LogP contribution in [-0.4, -0.2) is 32.8 Å². The molecule has 0 aliphatic heterocycles. The average molecular weight is 284 g/mol. The molecular formula is C14H20O4S. The summed E-state index contributed by atoms with van der Waals surface area (Å²) in [5.74, 6) is -0.153. The van der Waals surface area contributed by atoms with Crippen molar-refractivity contribution in [2.24, 2.45) is 5.92 Å². The molecule has 0 fully saturated rings. The van der Waals surface area contributed by atoms with Gasteiger partial charge in [-0.2, -0.15) is 0 Å². The number of carbonyl (C=O) groups is 1. The molecule has 0 spiro atoms. The standard InChI is InChI=1S/C14H20O4S/c1-4-11(2)9-19(16,17)10-14(15)12-6-5-7-13(8-12)18-3/h5-8,11H,4,9-10H2,1-3H3. The zero-order chi connectivity index (χ0) is 14.5. The van der Waals surface area contributed by atoms with Gasteiger partial charge in [-0.1, -0.05) is 32.4 Å². The topological polar surface area (TPSA) is 60.4 Å². The summed E-state index contributed by atoms with van der Waals surface area (Å²) >= 11 is 0. The fourth-order valence-electron chi connectivity index (χ4n) is 1.69. The number of sulfone groups is 1. The number of ether oxygens (including phenoxy) is 1. The SMILES string of the molecule is CCC(C)CS(=O)(=O)CC(=O)c1cccc(OC)c1. The summed E-state index contributed by atoms with van der Waals surface area (Å²) < 4.78 is 28.8. The molecule has 1 atom stereocenters. The quantitative estimate of drug-likeness (QED) is 0.721. The van der Waals surface area contributed by atoms with Crippen LogP contribution in [0.3, 0.4) is 0 Å². The Kier molecular flexibility index (Phi) is 5.54. The molecule has 0 radical (unpaired) electrons. The van der Waals surface area contributed by atoms with Gasteiger partial charge in [-0.25, -0.2) is 8.42 Å². The monoisotopic (exact) mass is 284 g/mol. The molecule has 0 heterocycles. The van der Waals surface area contributed by atoms with E-state index in [0.717, 1.165) is 6.42 Å². The number of rotatable bonds is 7. The summed E-state index contributed by atoms with van der Waals surface area (Å²) in [6.07, 6.45) is 0.784. The number of hydrogen-bond acceptors (Lipinski definition) is 4. The first-order valence-electron chi connectivity index (χ1n) is 6.25. The highest BCUT2D eigenvalue weighted by atomic mass is 32.2. The molecule has 0 aliphatic carbocycles. The first kappa shape index (κ1) is 15.7. The van der Waals surface area contributed by atoms with Crippen molar-refractivity contribution in [1.29, 1.82) is 0 Å². The minimum Gasteiger partial charge on any atom is -0.497 e. The number of Topliss-reactive ketones (excluding diaryl/α,β-unsaturated/α-hetero) is 1. The van der Waals surface area contributed by atoms with Crippen molar-refractivity contribution in [2.75, 3.05) is 18.6 Å². The molecule has 1 rings (SSSR count). The molecule has 0 N–H and O–H groups in total. The third kappa shape index (κ3) is 5.03. The van der Waals surface area contributed by atoms with E-state index in [1.807, 2.05) is 13.8 Å². The highest BCUT2D eigenvalue weighted by Crippen LogP contribution is 2.14. The van der Waals surface area contributed by atoms with Crippen LogP contribution in [-0.2, 0) is 9.84 Å². The van der Waals surface area contributed by atoms with Gasteiger partial charge in [-0.05, 0) is 18.1 Å². The van der Waals surface area contributed by atoms with E-state index in [1.165, 1.54) is 7.11 Å². The molecule has 0 saturated carbocycles. The van der Waals surface area contributed by atoms with Crippen LogP contribution in [0.2, 0.25) is 0 Å². The number of carbonyl (C=O) groups excluding carboxylic acids is 1. The molecular weight excluding hydrogens is 264 g/mol. The summed E-state index contributed by atoms with van der Waals surface area (Å²) in [6, 6.07) is 6.54. The Morgan fingerprint density at radius 2 is 2.05 bits per heavy atom. The molecule has 0 aromatic heterocycles. The molecule has 0 saturated heterocycles. The minimum atomic E-state index is -3.35. The Labute approximate surface area is 114 Å². The van der Waals surface area contributed by atoms with Crippen LogP contribution in [0.1, 0.15) is 30.6 Å². The summed E-state index contributed by atoms with van der Waals surface area (Å²) in [7, 11) is -1.85. The van der Waals surface area contributed by atoms with Gasteiger partial charge in [0.15, 0.2) is 15.6 Å². The van der Waals surface area contributed by atoms with Gasteiger partial charge in [0.05, 0.1) is 12.9 Å². The van der Waals surface area contributed by atoms with Crippen molar-refractivity contribution < 1.29 is 17.9 Å². The van der Waals surface area contributed by atoms with Gasteiger partial charge in [0.25, 0.3) is 0 Å². The fourth-order valence-corrected chi connectivity index (χ4v) is 3.48. The largest absolute Gasteiger partial charge is 0.497 e. The van der Waals surface area contributed by atoms with Crippen molar-refractivity contribution in [3.05, 3.63) is 29.8 Å². The van der Waals surface area contributed by atoms with Crippen LogP contribution in [0.4, 0.5) is 0 Å². The second-order valence-electron chi connectivity index (χ2n) is 4.72. The highest BCUT2D eigenvalue weighted by molar-refractivity contribution is 7.92. The number of methoxy groups -OCH3 is 1. The first-order valence-corrected chi connectivity index (χ1v) is 8.07. The van der Waals surface area contributed by atoms with Gasteiger partial charge in [-0.15, -0.1) is 0 Å². The predicted molar refractivity (Wildman–Crippen MR) is 75.4 cm³/mol. The molecule has 0 amide bonds. The molecule has 19 heavy (non-hydrogen) atoms. The minimum absolute atomic E-state index is 0.0548. The van der Waals surface area contributed by atoms with E-state index in [4.69, 9.17) is 4.74 Å². The lowest BCUT2D eigenvalue weighted by atomic mass is 10.1. The van der Waals surface area contributed by atoms with Gasteiger partial charge in [0, 0.05) is 5.56 Å². The Bertz CT molecular complexity index is 534. The van der Waals surface area contributed by atoms with Gasteiger partial charge < -0.3 is 4.74 Å². The van der Waals surface area contributed by atoms with Gasteiger partial charge in [0.2, 0.25) is 0 Å². The Morgan fingerprint density at radius 3 is 2.63 bits per heavy atom. The smallest absolute Gasteiger partial charge is 0.178 e. The number of hydrogen-bond donors (Lipinski definition) is 0. The third-order valence-corrected chi connectivity index (χ3v) is 4.76. The zero-order valence-corrected chi connectivity index (χ0v) is 12.4. The third-order valence-electron chi connectivity index (χ3n) is 2.98. The summed E-state index contributed by atoms with van der Waals surface area (Å²) in [5.41, 5.74) is 0.368. The van der Waals surface area contributed by atoms with Crippen molar-refractivity contribution in [2.45, 2.75) is 20.3 Å². The Balaban J connectivity index is 2.78. The van der Waals surface area contributed by atoms with Crippen LogP contribution in [0.15, 0.2) is 24.3 Å². The zero-order valence-electron chi connectivity index (χ0n) is 11.5. The maximum atomic E-state index is 12.0. The van der Waals surface area contributed by atoms with E-state index in [0.29, 0.717) is 11.3 Å². The Morgan fingerprint density at radius 1 is 1.37 bits per heavy atom. The van der Waals surface area contributed by atoms with Crippen LogP contribution in [0.25, 0.3) is 0 Å². The molecule has 1 aromatic carbocycles. The normalized spacial score (nSPS) is 13.0. The molecule has 106 valence electrons. The lowest BCUT2D eigenvalue weighted by molar-refractivity contribution is 0.102. The maximum Gasteiger partial charge on any atom is 0.178 e. The Hall–Kier alpha value is -1.36. The van der Waals surface area contributed by atoms with E-state index in [1.54, 1.807) is 24.3 Å². The van der Waals surface area contributed by atoms with Gasteiger partial charge in [0.1, 0.15) is 11.5 Å². The van der Waals surface area contributed by atoms with Gasteiger partial charge >= 0.3 is 0 Å². The van der Waals surface area contributed by atoms with Crippen LogP contribution in [0.5, 0.6) is 5.75 Å². The number of ketones is 1. The van der Waals surface area contributed by atoms with E-state index in [-0.39, 0.29) is 17.5 Å². The molecule has 5 heteroatoms. The number of benzene rings is 1. The van der Waals surface area contributed by atoms with E-state index < -0.39 is 15.6 Å². The molecule has 0 aliphatic rings. The van der Waals surface area contributed by atoms with Crippen LogP contribution >= 0.6 is 0 Å². The van der Waals surface area contributed by atoms with E-state index in [2.05, 4.69) is 0 Å². The first-order chi connectivity index (χ1) is 8.88. The van der Waals surface area contributed by atoms with E-state index >= 15 is 0 Å². The van der Waals surface area contributed by atoms with Gasteiger partial charge in [-0.3, -0.25) is 4.79 Å².